The molecular formula is C11H6ClN3S. The fourth-order valence-corrected chi connectivity index (χ4v) is 2.44. The lowest BCUT2D eigenvalue weighted by molar-refractivity contribution is 1.33. The summed E-state index contributed by atoms with van der Waals surface area (Å²) in [6.45, 7) is 0. The molecule has 1 aromatic carbocycles. The summed E-state index contributed by atoms with van der Waals surface area (Å²) >= 11 is 7.03. The summed E-state index contributed by atoms with van der Waals surface area (Å²) in [6.07, 6.45) is 1.77. The Kier molecular flexibility index (Phi) is 2.31. The van der Waals surface area contributed by atoms with E-state index in [9.17, 15) is 0 Å². The number of fused-ring (bicyclic) bond motifs is 1. The summed E-state index contributed by atoms with van der Waals surface area (Å²) < 4.78 is 3.98. The Morgan fingerprint density at radius 3 is 2.81 bits per heavy atom. The molecule has 0 saturated heterocycles. The van der Waals surface area contributed by atoms with Crippen molar-refractivity contribution in [3.63, 3.8) is 0 Å². The zero-order chi connectivity index (χ0) is 11.0. The van der Waals surface area contributed by atoms with Gasteiger partial charge in [-0.05, 0) is 35.3 Å². The van der Waals surface area contributed by atoms with E-state index in [0.29, 0.717) is 5.28 Å². The van der Waals surface area contributed by atoms with E-state index >= 15 is 0 Å². The lowest BCUT2D eigenvalue weighted by Gasteiger charge is -2.01. The van der Waals surface area contributed by atoms with Crippen LogP contribution in [0.2, 0.25) is 5.28 Å². The minimum absolute atomic E-state index is 0.292. The van der Waals surface area contributed by atoms with E-state index < -0.39 is 0 Å². The highest BCUT2D eigenvalue weighted by molar-refractivity contribution is 7.09. The van der Waals surface area contributed by atoms with Gasteiger partial charge in [0, 0.05) is 17.1 Å². The average Bonchev–Trinajstić information content (AvgIpc) is 2.75. The fraction of sp³-hybridized carbons (Fsp3) is 0. The Hall–Kier alpha value is -1.52. The number of hydrogen-bond acceptors (Lipinski definition) is 4. The second-order valence-electron chi connectivity index (χ2n) is 3.24. The first kappa shape index (κ1) is 9.69. The molecule has 3 aromatic rings. The summed E-state index contributed by atoms with van der Waals surface area (Å²) in [6, 6.07) is 9.87. The third-order valence-electron chi connectivity index (χ3n) is 2.28. The number of rotatable bonds is 1. The van der Waals surface area contributed by atoms with Crippen LogP contribution in [0.1, 0.15) is 0 Å². The van der Waals surface area contributed by atoms with Gasteiger partial charge in [0.2, 0.25) is 5.28 Å². The van der Waals surface area contributed by atoms with Crippen LogP contribution in [0.15, 0.2) is 36.5 Å². The molecule has 0 fully saturated rings. The number of pyridine rings is 1. The number of benzene rings is 1. The third-order valence-corrected chi connectivity index (χ3v) is 3.30. The highest BCUT2D eigenvalue weighted by Crippen LogP contribution is 2.29. The van der Waals surface area contributed by atoms with E-state index in [1.807, 2.05) is 30.3 Å². The molecule has 78 valence electrons. The van der Waals surface area contributed by atoms with Crippen LogP contribution in [0, 0.1) is 0 Å². The van der Waals surface area contributed by atoms with E-state index in [1.54, 1.807) is 6.20 Å². The van der Waals surface area contributed by atoms with Crippen LogP contribution in [0.5, 0.6) is 0 Å². The van der Waals surface area contributed by atoms with Crippen molar-refractivity contribution in [3.8, 4) is 10.6 Å². The summed E-state index contributed by atoms with van der Waals surface area (Å²) in [5.41, 5.74) is 1.97. The van der Waals surface area contributed by atoms with Crippen molar-refractivity contribution in [2.45, 2.75) is 0 Å². The van der Waals surface area contributed by atoms with Crippen LogP contribution in [-0.4, -0.2) is 14.3 Å². The summed E-state index contributed by atoms with van der Waals surface area (Å²) in [7, 11) is 0. The van der Waals surface area contributed by atoms with E-state index in [-0.39, 0.29) is 0 Å². The molecule has 2 heterocycles. The van der Waals surface area contributed by atoms with Crippen molar-refractivity contribution >= 4 is 34.0 Å². The number of hydrogen-bond donors (Lipinski definition) is 0. The largest absolute Gasteiger partial charge is 0.256 e. The van der Waals surface area contributed by atoms with Crippen molar-refractivity contribution in [1.82, 2.24) is 14.3 Å². The normalized spacial score (nSPS) is 10.8. The Morgan fingerprint density at radius 2 is 2.00 bits per heavy atom. The molecule has 5 heteroatoms. The summed E-state index contributed by atoms with van der Waals surface area (Å²) in [4.78, 5) is 8.47. The Bertz CT molecular complexity index is 645. The SMILES string of the molecule is Clc1nsc(-c2ccnc3ccccc23)n1. The molecule has 0 aliphatic carbocycles. The first-order valence-electron chi connectivity index (χ1n) is 4.68. The first-order chi connectivity index (χ1) is 7.84. The van der Waals surface area contributed by atoms with Gasteiger partial charge in [0.25, 0.3) is 0 Å². The lowest BCUT2D eigenvalue weighted by atomic mass is 10.1. The summed E-state index contributed by atoms with van der Waals surface area (Å²) in [5.74, 6) is 0. The van der Waals surface area contributed by atoms with Crippen molar-refractivity contribution in [2.75, 3.05) is 0 Å². The Balaban J connectivity index is 2.31. The first-order valence-corrected chi connectivity index (χ1v) is 5.83. The van der Waals surface area contributed by atoms with E-state index in [0.717, 1.165) is 21.5 Å². The number of aromatic nitrogens is 3. The molecule has 0 saturated carbocycles. The van der Waals surface area contributed by atoms with E-state index in [2.05, 4.69) is 14.3 Å². The Morgan fingerprint density at radius 1 is 1.12 bits per heavy atom. The minimum atomic E-state index is 0.292. The maximum atomic E-state index is 5.73. The maximum Gasteiger partial charge on any atom is 0.234 e. The van der Waals surface area contributed by atoms with Crippen molar-refractivity contribution in [2.24, 2.45) is 0 Å². The van der Waals surface area contributed by atoms with Gasteiger partial charge in [-0.3, -0.25) is 4.98 Å². The van der Waals surface area contributed by atoms with Crippen LogP contribution in [0.3, 0.4) is 0 Å². The quantitative estimate of drug-likeness (QED) is 0.662. The predicted molar refractivity (Wildman–Crippen MR) is 65.7 cm³/mol. The molecule has 0 radical (unpaired) electrons. The van der Waals surface area contributed by atoms with Gasteiger partial charge < -0.3 is 0 Å². The van der Waals surface area contributed by atoms with Crippen molar-refractivity contribution in [3.05, 3.63) is 41.8 Å². The zero-order valence-electron chi connectivity index (χ0n) is 8.09. The van der Waals surface area contributed by atoms with Crippen LogP contribution >= 0.6 is 23.1 Å². The number of para-hydroxylation sites is 1. The van der Waals surface area contributed by atoms with Crippen LogP contribution < -0.4 is 0 Å². The molecule has 0 N–H and O–H groups in total. The highest BCUT2D eigenvalue weighted by Gasteiger charge is 2.08. The van der Waals surface area contributed by atoms with Gasteiger partial charge in [0.15, 0.2) is 0 Å². The average molecular weight is 248 g/mol. The maximum absolute atomic E-state index is 5.73. The van der Waals surface area contributed by atoms with Crippen LogP contribution in [-0.2, 0) is 0 Å². The van der Waals surface area contributed by atoms with Crippen molar-refractivity contribution < 1.29 is 0 Å². The molecule has 2 aromatic heterocycles. The molecule has 3 nitrogen and oxygen atoms in total. The predicted octanol–water partition coefficient (Wildman–Crippen LogP) is 3.41. The summed E-state index contributed by atoms with van der Waals surface area (Å²) in [5, 5.41) is 2.18. The number of nitrogens with zero attached hydrogens (tertiary/aromatic N) is 3. The second kappa shape index (κ2) is 3.81. The van der Waals surface area contributed by atoms with Crippen molar-refractivity contribution in [1.29, 1.82) is 0 Å². The Labute approximate surface area is 101 Å². The zero-order valence-corrected chi connectivity index (χ0v) is 9.66. The van der Waals surface area contributed by atoms with Gasteiger partial charge in [0.05, 0.1) is 5.52 Å². The van der Waals surface area contributed by atoms with Crippen LogP contribution in [0.25, 0.3) is 21.5 Å². The molecule has 0 aliphatic heterocycles. The highest BCUT2D eigenvalue weighted by atomic mass is 35.5. The van der Waals surface area contributed by atoms with E-state index in [1.165, 1.54) is 11.5 Å². The molecule has 0 spiro atoms. The molecule has 0 bridgehead atoms. The third kappa shape index (κ3) is 1.56. The molecular weight excluding hydrogens is 242 g/mol. The molecule has 0 unspecified atom stereocenters. The molecule has 16 heavy (non-hydrogen) atoms. The van der Waals surface area contributed by atoms with Gasteiger partial charge in [-0.25, -0.2) is 4.98 Å². The topological polar surface area (TPSA) is 38.7 Å². The lowest BCUT2D eigenvalue weighted by Crippen LogP contribution is -1.82. The standard InChI is InChI=1S/C11H6ClN3S/c12-11-14-10(16-15-11)8-5-6-13-9-4-2-1-3-7(8)9/h1-6H. The van der Waals surface area contributed by atoms with E-state index in [4.69, 9.17) is 11.6 Å². The smallest absolute Gasteiger partial charge is 0.234 e. The van der Waals surface area contributed by atoms with Gasteiger partial charge in [-0.15, -0.1) is 0 Å². The van der Waals surface area contributed by atoms with Crippen LogP contribution in [0.4, 0.5) is 0 Å². The van der Waals surface area contributed by atoms with Gasteiger partial charge in [-0.1, -0.05) is 18.2 Å². The second-order valence-corrected chi connectivity index (χ2v) is 4.33. The fourth-order valence-electron chi connectivity index (χ4n) is 1.60. The molecule has 0 atom stereocenters. The molecule has 0 amide bonds. The monoisotopic (exact) mass is 247 g/mol. The van der Waals surface area contributed by atoms with Gasteiger partial charge >= 0.3 is 0 Å². The van der Waals surface area contributed by atoms with Gasteiger partial charge in [-0.2, -0.15) is 4.37 Å². The minimum Gasteiger partial charge on any atom is -0.256 e. The molecule has 0 aliphatic rings. The van der Waals surface area contributed by atoms with Gasteiger partial charge in [0.1, 0.15) is 5.01 Å². The number of halogens is 1. The molecule has 3 rings (SSSR count).